The van der Waals surface area contributed by atoms with Gasteiger partial charge in [-0.1, -0.05) is 53.4 Å². The van der Waals surface area contributed by atoms with Gasteiger partial charge in [-0.25, -0.2) is 9.37 Å². The van der Waals surface area contributed by atoms with Crippen molar-refractivity contribution in [3.8, 4) is 11.5 Å². The Bertz CT molecular complexity index is 1390. The van der Waals surface area contributed by atoms with Gasteiger partial charge in [0.1, 0.15) is 11.5 Å². The number of amides is 1. The molecule has 0 saturated heterocycles. The van der Waals surface area contributed by atoms with Gasteiger partial charge in [-0.05, 0) is 42.0 Å². The summed E-state index contributed by atoms with van der Waals surface area (Å²) in [6.45, 7) is 0. The summed E-state index contributed by atoms with van der Waals surface area (Å²) in [4.78, 5) is 17.7. The molecular formula is C23H15FN4O2S2. The zero-order chi connectivity index (χ0) is 21.9. The summed E-state index contributed by atoms with van der Waals surface area (Å²) in [6.07, 6.45) is 1.57. The van der Waals surface area contributed by atoms with E-state index >= 15 is 0 Å². The fraction of sp³-hybridized carbons (Fsp3) is 0.0435. The molecule has 32 heavy (non-hydrogen) atoms. The number of halogens is 1. The molecule has 1 N–H and O–H groups in total. The highest BCUT2D eigenvalue weighted by molar-refractivity contribution is 8.00. The molecule has 158 valence electrons. The highest BCUT2D eigenvalue weighted by Crippen LogP contribution is 2.30. The Kier molecular flexibility index (Phi) is 5.66. The van der Waals surface area contributed by atoms with Crippen LogP contribution in [0.3, 0.4) is 0 Å². The summed E-state index contributed by atoms with van der Waals surface area (Å²) >= 11 is 2.76. The number of para-hydroxylation sites is 1. The zero-order valence-corrected chi connectivity index (χ0v) is 18.1. The highest BCUT2D eigenvalue weighted by Gasteiger charge is 2.17. The minimum absolute atomic E-state index is 0.265. The summed E-state index contributed by atoms with van der Waals surface area (Å²) in [5, 5.41) is 12.2. The number of furan rings is 1. The number of hydrogen-bond acceptors (Lipinski definition) is 7. The third kappa shape index (κ3) is 4.39. The van der Waals surface area contributed by atoms with Crippen molar-refractivity contribution in [2.75, 3.05) is 5.32 Å². The quantitative estimate of drug-likeness (QED) is 0.245. The number of anilines is 1. The highest BCUT2D eigenvalue weighted by atomic mass is 32.2. The van der Waals surface area contributed by atoms with Crippen molar-refractivity contribution in [2.24, 2.45) is 0 Å². The van der Waals surface area contributed by atoms with Gasteiger partial charge in [0.2, 0.25) is 5.13 Å². The number of thioether (sulfide) groups is 1. The van der Waals surface area contributed by atoms with Crippen LogP contribution in [0, 0.1) is 5.82 Å². The fourth-order valence-corrected chi connectivity index (χ4v) is 4.83. The van der Waals surface area contributed by atoms with Crippen LogP contribution in [0.1, 0.15) is 15.9 Å². The van der Waals surface area contributed by atoms with Crippen LogP contribution in [-0.4, -0.2) is 21.1 Å². The maximum atomic E-state index is 13.1. The summed E-state index contributed by atoms with van der Waals surface area (Å²) in [5.41, 5.74) is 2.72. The van der Waals surface area contributed by atoms with Crippen LogP contribution in [0.2, 0.25) is 0 Å². The largest absolute Gasteiger partial charge is 0.463 e. The first-order chi connectivity index (χ1) is 15.7. The summed E-state index contributed by atoms with van der Waals surface area (Å²) in [5.74, 6) is 0.644. The van der Waals surface area contributed by atoms with Crippen molar-refractivity contribution in [2.45, 2.75) is 10.1 Å². The van der Waals surface area contributed by atoms with Crippen LogP contribution in [0.4, 0.5) is 9.52 Å². The Balaban J connectivity index is 1.35. The Labute approximate surface area is 190 Å². The Hall–Kier alpha value is -3.56. The van der Waals surface area contributed by atoms with Gasteiger partial charge in [-0.3, -0.25) is 10.1 Å². The number of nitrogens with one attached hydrogen (secondary N) is 1. The molecule has 9 heteroatoms. The predicted molar refractivity (Wildman–Crippen MR) is 123 cm³/mol. The smallest absolute Gasteiger partial charge is 0.258 e. The van der Waals surface area contributed by atoms with Crippen LogP contribution < -0.4 is 5.32 Å². The number of carbonyl (C=O) groups excluding carboxylic acids is 1. The van der Waals surface area contributed by atoms with E-state index in [1.54, 1.807) is 36.6 Å². The molecule has 0 fully saturated rings. The molecule has 1 amide bonds. The minimum Gasteiger partial charge on any atom is -0.463 e. The standard InChI is InChI=1S/C23H15FN4O2S2/c24-15-9-7-14(8-10-15)13-31-23-28-27-22(32-23)26-21(29)17-12-19(20-6-3-11-30-20)25-18-5-2-1-4-16(17)18/h1-12H,13H2,(H,26,27,29). The molecule has 2 aromatic carbocycles. The molecule has 0 radical (unpaired) electrons. The van der Waals surface area contributed by atoms with Crippen molar-refractivity contribution in [3.63, 3.8) is 0 Å². The van der Waals surface area contributed by atoms with E-state index in [2.05, 4.69) is 20.5 Å². The molecule has 3 heterocycles. The van der Waals surface area contributed by atoms with Crippen LogP contribution in [0.15, 0.2) is 81.8 Å². The van der Waals surface area contributed by atoms with Gasteiger partial charge in [0, 0.05) is 11.1 Å². The number of carbonyl (C=O) groups is 1. The van der Waals surface area contributed by atoms with Crippen LogP contribution in [0.25, 0.3) is 22.4 Å². The minimum atomic E-state index is -0.303. The average Bonchev–Trinajstić information content (AvgIpc) is 3.50. The van der Waals surface area contributed by atoms with Crippen LogP contribution >= 0.6 is 23.1 Å². The lowest BCUT2D eigenvalue weighted by Crippen LogP contribution is -2.13. The maximum absolute atomic E-state index is 13.1. The molecule has 5 rings (SSSR count). The third-order valence-corrected chi connectivity index (χ3v) is 6.68. The molecule has 0 unspecified atom stereocenters. The molecule has 5 aromatic rings. The van der Waals surface area contributed by atoms with Gasteiger partial charge in [0.15, 0.2) is 10.1 Å². The van der Waals surface area contributed by atoms with Gasteiger partial charge < -0.3 is 4.42 Å². The molecule has 0 atom stereocenters. The zero-order valence-electron chi connectivity index (χ0n) is 16.5. The first-order valence-corrected chi connectivity index (χ1v) is 11.4. The lowest BCUT2D eigenvalue weighted by Gasteiger charge is -2.08. The summed E-state index contributed by atoms with van der Waals surface area (Å²) in [6, 6.07) is 19.1. The molecule has 6 nitrogen and oxygen atoms in total. The van der Waals surface area contributed by atoms with E-state index in [4.69, 9.17) is 4.42 Å². The van der Waals surface area contributed by atoms with E-state index in [-0.39, 0.29) is 11.7 Å². The molecule has 0 spiro atoms. The number of hydrogen-bond donors (Lipinski definition) is 1. The lowest BCUT2D eigenvalue weighted by atomic mass is 10.1. The second kappa shape index (κ2) is 8.89. The van der Waals surface area contributed by atoms with E-state index in [0.717, 1.165) is 10.9 Å². The van der Waals surface area contributed by atoms with Gasteiger partial charge in [0.05, 0.1) is 17.3 Å². The van der Waals surface area contributed by atoms with E-state index in [9.17, 15) is 9.18 Å². The first kappa shape index (κ1) is 20.3. The Morgan fingerprint density at radius 3 is 2.72 bits per heavy atom. The van der Waals surface area contributed by atoms with Crippen molar-refractivity contribution in [3.05, 3.63) is 89.9 Å². The van der Waals surface area contributed by atoms with Gasteiger partial charge >= 0.3 is 0 Å². The van der Waals surface area contributed by atoms with E-state index in [1.807, 2.05) is 24.3 Å². The molecular weight excluding hydrogens is 447 g/mol. The van der Waals surface area contributed by atoms with E-state index < -0.39 is 0 Å². The third-order valence-electron chi connectivity index (χ3n) is 4.64. The number of nitrogens with zero attached hydrogens (tertiary/aromatic N) is 3. The number of pyridine rings is 1. The topological polar surface area (TPSA) is 80.9 Å². The number of benzene rings is 2. The predicted octanol–water partition coefficient (Wildman–Crippen LogP) is 6.03. The van der Waals surface area contributed by atoms with Crippen LogP contribution in [0.5, 0.6) is 0 Å². The normalized spacial score (nSPS) is 11.0. The van der Waals surface area contributed by atoms with Gasteiger partial charge in [0.25, 0.3) is 5.91 Å². The summed E-state index contributed by atoms with van der Waals surface area (Å²) < 4.78 is 19.2. The Morgan fingerprint density at radius 2 is 1.91 bits per heavy atom. The number of fused-ring (bicyclic) bond motifs is 1. The average molecular weight is 463 g/mol. The Morgan fingerprint density at radius 1 is 1.06 bits per heavy atom. The molecule has 0 aliphatic rings. The lowest BCUT2D eigenvalue weighted by molar-refractivity contribution is 0.102. The molecule has 0 aliphatic heterocycles. The van der Waals surface area contributed by atoms with Crippen molar-refractivity contribution in [1.82, 2.24) is 15.2 Å². The van der Waals surface area contributed by atoms with Gasteiger partial charge in [-0.15, -0.1) is 10.2 Å². The molecule has 0 aliphatic carbocycles. The SMILES string of the molecule is O=C(Nc1nnc(SCc2ccc(F)cc2)s1)c1cc(-c2ccco2)nc2ccccc12. The van der Waals surface area contributed by atoms with Gasteiger partial charge in [-0.2, -0.15) is 0 Å². The molecule has 0 saturated carbocycles. The van der Waals surface area contributed by atoms with Crippen molar-refractivity contribution >= 4 is 45.0 Å². The number of rotatable bonds is 6. The van der Waals surface area contributed by atoms with Crippen molar-refractivity contribution in [1.29, 1.82) is 0 Å². The van der Waals surface area contributed by atoms with Crippen molar-refractivity contribution < 1.29 is 13.6 Å². The van der Waals surface area contributed by atoms with E-state index in [0.29, 0.717) is 37.8 Å². The second-order valence-corrected chi connectivity index (χ2v) is 8.99. The molecule has 0 bridgehead atoms. The monoisotopic (exact) mass is 462 g/mol. The number of aromatic nitrogens is 3. The fourth-order valence-electron chi connectivity index (χ4n) is 3.12. The first-order valence-electron chi connectivity index (χ1n) is 9.61. The second-order valence-electron chi connectivity index (χ2n) is 6.79. The maximum Gasteiger partial charge on any atom is 0.258 e. The molecule has 3 aromatic heterocycles. The van der Waals surface area contributed by atoms with Crippen LogP contribution in [-0.2, 0) is 5.75 Å². The van der Waals surface area contributed by atoms with E-state index in [1.165, 1.54) is 35.2 Å². The summed E-state index contributed by atoms with van der Waals surface area (Å²) in [7, 11) is 0.